The number of pyridine rings is 1. The van der Waals surface area contributed by atoms with E-state index in [0.717, 1.165) is 0 Å². The van der Waals surface area contributed by atoms with Crippen LogP contribution in [-0.4, -0.2) is 31.5 Å². The Balaban J connectivity index is 2.49. The second-order valence-corrected chi connectivity index (χ2v) is 3.03. The molecule has 0 saturated heterocycles. The van der Waals surface area contributed by atoms with Crippen molar-refractivity contribution in [3.05, 3.63) is 24.0 Å². The number of hydrogen-bond donors (Lipinski definition) is 3. The first-order valence-corrected chi connectivity index (χ1v) is 4.29. The first-order valence-electron chi connectivity index (χ1n) is 4.29. The number of aromatic nitrogens is 3. The normalized spacial score (nSPS) is 14.7. The topological polar surface area (TPSA) is 106 Å². The van der Waals surface area contributed by atoms with E-state index in [-0.39, 0.29) is 0 Å². The fourth-order valence-corrected chi connectivity index (χ4v) is 1.32. The molecule has 0 aromatic carbocycles. The molecule has 76 valence electrons. The van der Waals surface area contributed by atoms with Gasteiger partial charge in [-0.25, -0.2) is 4.98 Å². The van der Waals surface area contributed by atoms with E-state index in [0.29, 0.717) is 16.7 Å². The Morgan fingerprint density at radius 2 is 2.27 bits per heavy atom. The van der Waals surface area contributed by atoms with Gasteiger partial charge in [-0.05, 0) is 12.1 Å². The SMILES string of the molecule is N#CC(O)C(O)c1[nH]nc2ncccc12. The average molecular weight is 204 g/mol. The van der Waals surface area contributed by atoms with Crippen molar-refractivity contribution >= 4 is 11.0 Å². The number of nitrogens with one attached hydrogen (secondary N) is 1. The van der Waals surface area contributed by atoms with E-state index in [1.165, 1.54) is 0 Å². The minimum atomic E-state index is -1.48. The first kappa shape index (κ1) is 9.58. The Morgan fingerprint density at radius 1 is 1.47 bits per heavy atom. The van der Waals surface area contributed by atoms with E-state index < -0.39 is 12.2 Å². The maximum Gasteiger partial charge on any atom is 0.181 e. The first-order chi connectivity index (χ1) is 7.24. The fraction of sp³-hybridized carbons (Fsp3) is 0.222. The minimum absolute atomic E-state index is 0.298. The van der Waals surface area contributed by atoms with Crippen molar-refractivity contribution in [2.45, 2.75) is 12.2 Å². The van der Waals surface area contributed by atoms with Crippen LogP contribution in [0.1, 0.15) is 11.8 Å². The lowest BCUT2D eigenvalue weighted by atomic mass is 10.1. The van der Waals surface area contributed by atoms with Crippen LogP contribution in [0.2, 0.25) is 0 Å². The summed E-state index contributed by atoms with van der Waals surface area (Å²) >= 11 is 0. The van der Waals surface area contributed by atoms with E-state index in [1.54, 1.807) is 24.4 Å². The van der Waals surface area contributed by atoms with Gasteiger partial charge in [0.05, 0.1) is 11.8 Å². The number of rotatable bonds is 2. The van der Waals surface area contributed by atoms with Crippen molar-refractivity contribution in [3.63, 3.8) is 0 Å². The number of aliphatic hydroxyl groups excluding tert-OH is 2. The number of aromatic amines is 1. The zero-order valence-electron chi connectivity index (χ0n) is 7.62. The molecule has 2 heterocycles. The smallest absolute Gasteiger partial charge is 0.181 e. The number of nitrogens with zero attached hydrogens (tertiary/aromatic N) is 3. The largest absolute Gasteiger partial charge is 0.383 e. The second-order valence-electron chi connectivity index (χ2n) is 3.03. The average Bonchev–Trinajstić information content (AvgIpc) is 2.70. The van der Waals surface area contributed by atoms with Gasteiger partial charge in [-0.2, -0.15) is 10.4 Å². The quantitative estimate of drug-likeness (QED) is 0.591. The number of aliphatic hydroxyl groups is 2. The summed E-state index contributed by atoms with van der Waals surface area (Å²) in [7, 11) is 0. The molecule has 0 amide bonds. The molecule has 6 heteroatoms. The van der Waals surface area contributed by atoms with Crippen LogP contribution in [0.5, 0.6) is 0 Å². The molecule has 0 aliphatic heterocycles. The third-order valence-electron chi connectivity index (χ3n) is 2.09. The zero-order valence-corrected chi connectivity index (χ0v) is 7.62. The third kappa shape index (κ3) is 1.54. The molecule has 0 aliphatic rings. The Kier molecular flexibility index (Phi) is 2.33. The van der Waals surface area contributed by atoms with Gasteiger partial charge in [-0.3, -0.25) is 5.10 Å². The summed E-state index contributed by atoms with van der Waals surface area (Å²) in [6, 6.07) is 4.95. The molecule has 0 radical (unpaired) electrons. The van der Waals surface area contributed by atoms with Crippen molar-refractivity contribution in [2.75, 3.05) is 0 Å². The van der Waals surface area contributed by atoms with Gasteiger partial charge in [-0.15, -0.1) is 0 Å². The molecule has 2 aromatic rings. The van der Waals surface area contributed by atoms with Gasteiger partial charge in [0.15, 0.2) is 11.8 Å². The van der Waals surface area contributed by atoms with Gasteiger partial charge in [-0.1, -0.05) is 0 Å². The predicted octanol–water partition coefficient (Wildman–Crippen LogP) is -0.124. The van der Waals surface area contributed by atoms with Gasteiger partial charge in [0.25, 0.3) is 0 Å². The highest BCUT2D eigenvalue weighted by Gasteiger charge is 2.22. The van der Waals surface area contributed by atoms with Crippen molar-refractivity contribution in [3.8, 4) is 6.07 Å². The van der Waals surface area contributed by atoms with Gasteiger partial charge in [0.2, 0.25) is 0 Å². The van der Waals surface area contributed by atoms with Crippen molar-refractivity contribution in [1.29, 1.82) is 5.26 Å². The maximum atomic E-state index is 9.60. The van der Waals surface area contributed by atoms with E-state index in [1.807, 2.05) is 0 Å². The van der Waals surface area contributed by atoms with E-state index >= 15 is 0 Å². The monoisotopic (exact) mass is 204 g/mol. The molecular formula is C9H8N4O2. The van der Waals surface area contributed by atoms with Crippen LogP contribution < -0.4 is 0 Å². The van der Waals surface area contributed by atoms with Gasteiger partial charge >= 0.3 is 0 Å². The summed E-state index contributed by atoms with van der Waals surface area (Å²) in [6.07, 6.45) is -1.21. The molecule has 2 unspecified atom stereocenters. The molecule has 2 atom stereocenters. The third-order valence-corrected chi connectivity index (χ3v) is 2.09. The van der Waals surface area contributed by atoms with Crippen molar-refractivity contribution in [2.24, 2.45) is 0 Å². The maximum absolute atomic E-state index is 9.60. The van der Waals surface area contributed by atoms with E-state index in [4.69, 9.17) is 5.26 Å². The fourth-order valence-electron chi connectivity index (χ4n) is 1.32. The Hall–Kier alpha value is -1.97. The molecule has 0 aliphatic carbocycles. The van der Waals surface area contributed by atoms with E-state index in [2.05, 4.69) is 15.2 Å². The number of fused-ring (bicyclic) bond motifs is 1. The van der Waals surface area contributed by atoms with E-state index in [9.17, 15) is 10.2 Å². The zero-order chi connectivity index (χ0) is 10.8. The summed E-state index contributed by atoms with van der Waals surface area (Å²) in [5, 5.41) is 34.2. The van der Waals surface area contributed by atoms with Crippen LogP contribution in [0.4, 0.5) is 0 Å². The Morgan fingerprint density at radius 3 is 3.00 bits per heavy atom. The summed E-state index contributed by atoms with van der Waals surface area (Å²) in [5.74, 6) is 0. The summed E-state index contributed by atoms with van der Waals surface area (Å²) < 4.78 is 0. The number of hydrogen-bond acceptors (Lipinski definition) is 5. The molecule has 15 heavy (non-hydrogen) atoms. The molecular weight excluding hydrogens is 196 g/mol. The molecule has 0 fully saturated rings. The van der Waals surface area contributed by atoms with Crippen LogP contribution in [0, 0.1) is 11.3 Å². The lowest BCUT2D eigenvalue weighted by Gasteiger charge is -2.09. The van der Waals surface area contributed by atoms with Gasteiger partial charge in [0, 0.05) is 11.6 Å². The molecule has 2 aromatic heterocycles. The van der Waals surface area contributed by atoms with Gasteiger partial charge in [0.1, 0.15) is 6.10 Å². The number of H-pyrrole nitrogens is 1. The van der Waals surface area contributed by atoms with Crippen molar-refractivity contribution in [1.82, 2.24) is 15.2 Å². The van der Waals surface area contributed by atoms with Crippen molar-refractivity contribution < 1.29 is 10.2 Å². The van der Waals surface area contributed by atoms with Crippen LogP contribution >= 0.6 is 0 Å². The summed E-state index contributed by atoms with van der Waals surface area (Å²) in [5.41, 5.74) is 0.740. The minimum Gasteiger partial charge on any atom is -0.383 e. The Labute approximate surface area is 84.8 Å². The predicted molar refractivity (Wildman–Crippen MR) is 50.5 cm³/mol. The molecule has 6 nitrogen and oxygen atoms in total. The molecule has 0 saturated carbocycles. The number of nitriles is 1. The molecule has 3 N–H and O–H groups in total. The standard InChI is InChI=1S/C9H8N4O2/c10-4-6(14)8(15)7-5-2-1-3-11-9(5)13-12-7/h1-3,6,8,14-15H,(H,11,12,13). The summed E-state index contributed by atoms with van der Waals surface area (Å²) in [6.45, 7) is 0. The highest BCUT2D eigenvalue weighted by Crippen LogP contribution is 2.22. The lowest BCUT2D eigenvalue weighted by molar-refractivity contribution is 0.0508. The second kappa shape index (κ2) is 3.65. The van der Waals surface area contributed by atoms with Crippen LogP contribution in [-0.2, 0) is 0 Å². The van der Waals surface area contributed by atoms with Gasteiger partial charge < -0.3 is 10.2 Å². The molecule has 0 spiro atoms. The van der Waals surface area contributed by atoms with Crippen LogP contribution in [0.25, 0.3) is 11.0 Å². The molecule has 0 bridgehead atoms. The van der Waals surface area contributed by atoms with Crippen LogP contribution in [0.3, 0.4) is 0 Å². The highest BCUT2D eigenvalue weighted by atomic mass is 16.3. The lowest BCUT2D eigenvalue weighted by Crippen LogP contribution is -2.16. The summed E-state index contributed by atoms with van der Waals surface area (Å²) in [4.78, 5) is 3.95. The molecule has 2 rings (SSSR count). The highest BCUT2D eigenvalue weighted by molar-refractivity contribution is 5.77. The van der Waals surface area contributed by atoms with Crippen LogP contribution in [0.15, 0.2) is 18.3 Å². The Bertz CT molecular complexity index is 516.